The Morgan fingerprint density at radius 2 is 1.56 bits per heavy atom. The summed E-state index contributed by atoms with van der Waals surface area (Å²) >= 11 is 0. The number of halogens is 1. The first-order chi connectivity index (χ1) is 11.4. The second kappa shape index (κ2) is 7.83. The summed E-state index contributed by atoms with van der Waals surface area (Å²) in [7, 11) is 0. The van der Waals surface area contributed by atoms with Crippen molar-refractivity contribution in [3.8, 4) is 0 Å². The van der Waals surface area contributed by atoms with Crippen LogP contribution in [0.3, 0.4) is 0 Å². The van der Waals surface area contributed by atoms with Crippen LogP contribution in [-0.2, 0) is 9.59 Å². The van der Waals surface area contributed by atoms with E-state index in [0.717, 1.165) is 38.9 Å². The van der Waals surface area contributed by atoms with Crippen LogP contribution >= 0.6 is 12.4 Å². The highest BCUT2D eigenvalue weighted by Crippen LogP contribution is 2.37. The minimum Gasteiger partial charge on any atom is -0.340 e. The van der Waals surface area contributed by atoms with Gasteiger partial charge in [-0.05, 0) is 51.5 Å². The molecule has 0 spiro atoms. The molecule has 0 aromatic rings. The Balaban J connectivity index is 0.00000225. The molecule has 0 saturated carbocycles. The molecule has 144 valence electrons. The second-order valence-electron chi connectivity index (χ2n) is 8.48. The summed E-state index contributed by atoms with van der Waals surface area (Å²) in [6.45, 7) is 11.9. The van der Waals surface area contributed by atoms with E-state index in [4.69, 9.17) is 0 Å². The van der Waals surface area contributed by atoms with Gasteiger partial charge >= 0.3 is 0 Å². The lowest BCUT2D eigenvalue weighted by Crippen LogP contribution is -2.50. The van der Waals surface area contributed by atoms with E-state index in [1.807, 2.05) is 9.80 Å². The van der Waals surface area contributed by atoms with Gasteiger partial charge in [-0.15, -0.1) is 12.4 Å². The van der Waals surface area contributed by atoms with E-state index < -0.39 is 5.41 Å². The summed E-state index contributed by atoms with van der Waals surface area (Å²) in [5.41, 5.74) is -0.527. The van der Waals surface area contributed by atoms with Crippen LogP contribution in [0.4, 0.5) is 0 Å². The van der Waals surface area contributed by atoms with Crippen LogP contribution in [0.2, 0.25) is 0 Å². The van der Waals surface area contributed by atoms with Crippen molar-refractivity contribution in [2.45, 2.75) is 65.5 Å². The first-order valence-corrected chi connectivity index (χ1v) is 9.67. The van der Waals surface area contributed by atoms with Crippen LogP contribution in [-0.4, -0.2) is 59.9 Å². The zero-order valence-corrected chi connectivity index (χ0v) is 16.9. The topological polar surface area (TPSA) is 52.7 Å². The normalized spacial score (nSPS) is 38.1. The zero-order valence-electron chi connectivity index (χ0n) is 16.1. The highest BCUT2D eigenvalue weighted by Gasteiger charge is 2.49. The van der Waals surface area contributed by atoms with Gasteiger partial charge in [-0.3, -0.25) is 9.59 Å². The first-order valence-electron chi connectivity index (χ1n) is 9.67. The molecule has 3 aliphatic rings. The highest BCUT2D eigenvalue weighted by molar-refractivity contribution is 5.90. The van der Waals surface area contributed by atoms with Crippen molar-refractivity contribution >= 4 is 24.2 Å². The van der Waals surface area contributed by atoms with Crippen molar-refractivity contribution in [2.24, 2.45) is 17.3 Å². The van der Waals surface area contributed by atoms with Gasteiger partial charge in [0.15, 0.2) is 0 Å². The standard InChI is InChI=1S/C19H33N3O2.ClH/c1-13-5-9-21(15(13)3)17(23)11-19(7-8-20-12-19)18(24)22-10-6-14(2)16(22)4;/h13-16,20H,5-12H2,1-4H3;1H. The molecule has 0 aromatic heterocycles. The lowest BCUT2D eigenvalue weighted by atomic mass is 9.81. The summed E-state index contributed by atoms with van der Waals surface area (Å²) in [5.74, 6) is 1.48. The molecule has 1 N–H and O–H groups in total. The molecule has 2 amide bonds. The molecule has 0 bridgehead atoms. The second-order valence-corrected chi connectivity index (χ2v) is 8.48. The van der Waals surface area contributed by atoms with E-state index in [0.29, 0.717) is 30.8 Å². The van der Waals surface area contributed by atoms with E-state index in [1.54, 1.807) is 0 Å². The largest absolute Gasteiger partial charge is 0.340 e. The number of nitrogens with zero attached hydrogens (tertiary/aromatic N) is 2. The summed E-state index contributed by atoms with van der Waals surface area (Å²) in [4.78, 5) is 30.3. The maximum Gasteiger partial charge on any atom is 0.230 e. The van der Waals surface area contributed by atoms with Gasteiger partial charge in [0.2, 0.25) is 11.8 Å². The average molecular weight is 372 g/mol. The van der Waals surface area contributed by atoms with Gasteiger partial charge in [0.05, 0.1) is 5.41 Å². The molecule has 25 heavy (non-hydrogen) atoms. The number of carbonyl (C=O) groups excluding carboxylic acids is 2. The summed E-state index contributed by atoms with van der Waals surface area (Å²) < 4.78 is 0. The fourth-order valence-corrected chi connectivity index (χ4v) is 4.68. The van der Waals surface area contributed by atoms with Gasteiger partial charge in [0, 0.05) is 38.1 Å². The molecule has 3 aliphatic heterocycles. The number of rotatable bonds is 3. The third-order valence-electron chi connectivity index (χ3n) is 7.05. The maximum absolute atomic E-state index is 13.3. The molecule has 0 radical (unpaired) electrons. The Kier molecular flexibility index (Phi) is 6.42. The SMILES string of the molecule is CC1CCN(C(=O)CC2(C(=O)N3CCC(C)C3C)CCNC2)C1C.Cl. The predicted molar refractivity (Wildman–Crippen MR) is 102 cm³/mol. The Hall–Kier alpha value is -0.810. The zero-order chi connectivity index (χ0) is 17.5. The van der Waals surface area contributed by atoms with Gasteiger partial charge in [-0.2, -0.15) is 0 Å². The number of hydrogen-bond donors (Lipinski definition) is 1. The molecule has 6 heteroatoms. The maximum atomic E-state index is 13.3. The Morgan fingerprint density at radius 1 is 1.00 bits per heavy atom. The van der Waals surface area contributed by atoms with E-state index in [1.165, 1.54) is 0 Å². The quantitative estimate of drug-likeness (QED) is 0.828. The van der Waals surface area contributed by atoms with Crippen LogP contribution in [0.1, 0.15) is 53.4 Å². The fraction of sp³-hybridized carbons (Fsp3) is 0.895. The third kappa shape index (κ3) is 3.68. The molecule has 3 fully saturated rings. The Labute approximate surface area is 158 Å². The third-order valence-corrected chi connectivity index (χ3v) is 7.05. The monoisotopic (exact) mass is 371 g/mol. The van der Waals surface area contributed by atoms with Gasteiger partial charge in [0.1, 0.15) is 0 Å². The predicted octanol–water partition coefficient (Wildman–Crippen LogP) is 2.29. The van der Waals surface area contributed by atoms with Crippen molar-refractivity contribution in [3.05, 3.63) is 0 Å². The minimum absolute atomic E-state index is 0. The molecule has 5 unspecified atom stereocenters. The van der Waals surface area contributed by atoms with E-state index in [2.05, 4.69) is 33.0 Å². The molecule has 0 aromatic carbocycles. The number of likely N-dealkylation sites (tertiary alicyclic amines) is 2. The number of amides is 2. The van der Waals surface area contributed by atoms with E-state index >= 15 is 0 Å². The lowest BCUT2D eigenvalue weighted by Gasteiger charge is -2.36. The van der Waals surface area contributed by atoms with Crippen molar-refractivity contribution in [3.63, 3.8) is 0 Å². The molecule has 3 rings (SSSR count). The lowest BCUT2D eigenvalue weighted by molar-refractivity contribution is -0.148. The Morgan fingerprint density at radius 3 is 2.00 bits per heavy atom. The molecule has 5 nitrogen and oxygen atoms in total. The average Bonchev–Trinajstić information content (AvgIpc) is 3.23. The fourth-order valence-electron chi connectivity index (χ4n) is 4.68. The number of nitrogens with one attached hydrogen (secondary N) is 1. The van der Waals surface area contributed by atoms with Crippen LogP contribution in [0, 0.1) is 17.3 Å². The first kappa shape index (κ1) is 20.5. The van der Waals surface area contributed by atoms with Crippen molar-refractivity contribution < 1.29 is 9.59 Å². The van der Waals surface area contributed by atoms with Crippen molar-refractivity contribution in [1.29, 1.82) is 0 Å². The molecule has 0 aliphatic carbocycles. The molecular formula is C19H34ClN3O2. The van der Waals surface area contributed by atoms with Crippen LogP contribution in [0.15, 0.2) is 0 Å². The van der Waals surface area contributed by atoms with Gasteiger partial charge in [0.25, 0.3) is 0 Å². The van der Waals surface area contributed by atoms with Crippen molar-refractivity contribution in [2.75, 3.05) is 26.2 Å². The van der Waals surface area contributed by atoms with E-state index in [9.17, 15) is 9.59 Å². The van der Waals surface area contributed by atoms with Crippen LogP contribution in [0.5, 0.6) is 0 Å². The van der Waals surface area contributed by atoms with Crippen LogP contribution in [0.25, 0.3) is 0 Å². The Bertz CT molecular complexity index is 507. The van der Waals surface area contributed by atoms with Gasteiger partial charge < -0.3 is 15.1 Å². The highest BCUT2D eigenvalue weighted by atomic mass is 35.5. The van der Waals surface area contributed by atoms with Gasteiger partial charge in [-0.25, -0.2) is 0 Å². The van der Waals surface area contributed by atoms with Crippen molar-refractivity contribution in [1.82, 2.24) is 15.1 Å². The summed E-state index contributed by atoms with van der Waals surface area (Å²) in [6.07, 6.45) is 3.30. The summed E-state index contributed by atoms with van der Waals surface area (Å²) in [5, 5.41) is 3.34. The molecule has 3 saturated heterocycles. The number of carbonyl (C=O) groups is 2. The smallest absolute Gasteiger partial charge is 0.230 e. The van der Waals surface area contributed by atoms with Crippen LogP contribution < -0.4 is 5.32 Å². The molecule has 3 heterocycles. The summed E-state index contributed by atoms with van der Waals surface area (Å²) in [6, 6.07) is 0.584. The number of hydrogen-bond acceptors (Lipinski definition) is 3. The van der Waals surface area contributed by atoms with Gasteiger partial charge in [-0.1, -0.05) is 13.8 Å². The minimum atomic E-state index is -0.527. The molecular weight excluding hydrogens is 338 g/mol. The molecule has 5 atom stereocenters. The van der Waals surface area contributed by atoms with E-state index in [-0.39, 0.29) is 30.3 Å².